The van der Waals surface area contributed by atoms with Gasteiger partial charge in [-0.15, -0.1) is 0 Å². The van der Waals surface area contributed by atoms with Gasteiger partial charge in [0.05, 0.1) is 4.90 Å². The van der Waals surface area contributed by atoms with E-state index in [2.05, 4.69) is 10.1 Å². The van der Waals surface area contributed by atoms with Crippen LogP contribution >= 0.6 is 11.6 Å². The van der Waals surface area contributed by atoms with Gasteiger partial charge in [-0.2, -0.15) is 9.29 Å². The normalized spacial score (nSPS) is 17.6. The van der Waals surface area contributed by atoms with E-state index in [9.17, 15) is 8.42 Å². The molecule has 8 heteroatoms. The van der Waals surface area contributed by atoms with Crippen LogP contribution < -0.4 is 0 Å². The van der Waals surface area contributed by atoms with E-state index in [0.29, 0.717) is 29.7 Å². The molecule has 1 saturated heterocycles. The maximum Gasteiger partial charge on any atom is 0.245 e. The number of hydrogen-bond donors (Lipinski definition) is 0. The van der Waals surface area contributed by atoms with Crippen LogP contribution in [0, 0.1) is 0 Å². The van der Waals surface area contributed by atoms with Crippen LogP contribution in [-0.2, 0) is 10.0 Å². The molecular weight excluding hydrogens is 422 g/mol. The topological polar surface area (TPSA) is 76.3 Å². The zero-order chi connectivity index (χ0) is 20.7. The minimum Gasteiger partial charge on any atom is -0.337 e. The summed E-state index contributed by atoms with van der Waals surface area (Å²) in [5.41, 5.74) is 0.760. The zero-order valence-corrected chi connectivity index (χ0v) is 17.5. The van der Waals surface area contributed by atoms with Crippen molar-refractivity contribution in [2.45, 2.75) is 23.8 Å². The van der Waals surface area contributed by atoms with Crippen molar-refractivity contribution in [3.63, 3.8) is 0 Å². The summed E-state index contributed by atoms with van der Waals surface area (Å²) in [7, 11) is -3.70. The van der Waals surface area contributed by atoms with E-state index in [4.69, 9.17) is 16.1 Å². The van der Waals surface area contributed by atoms with Gasteiger partial charge in [-0.3, -0.25) is 0 Å². The Morgan fingerprint density at radius 1 is 1.00 bits per heavy atom. The third-order valence-corrected chi connectivity index (χ3v) is 7.52. The third kappa shape index (κ3) is 3.39. The van der Waals surface area contributed by atoms with Crippen molar-refractivity contribution in [2.75, 3.05) is 6.54 Å². The van der Waals surface area contributed by atoms with Crippen LogP contribution in [-0.4, -0.2) is 29.4 Å². The lowest BCUT2D eigenvalue weighted by Crippen LogP contribution is -2.30. The molecule has 0 bridgehead atoms. The molecule has 1 aliphatic heterocycles. The highest BCUT2D eigenvalue weighted by Gasteiger charge is 2.39. The Morgan fingerprint density at radius 2 is 1.77 bits per heavy atom. The van der Waals surface area contributed by atoms with Crippen molar-refractivity contribution in [3.8, 4) is 11.4 Å². The Bertz CT molecular complexity index is 1320. The number of hydrogen-bond acceptors (Lipinski definition) is 5. The molecule has 152 valence electrons. The molecular formula is C22H18ClN3O3S. The second kappa shape index (κ2) is 7.50. The molecule has 30 heavy (non-hydrogen) atoms. The van der Waals surface area contributed by atoms with Crippen LogP contribution in [0.15, 0.2) is 76.1 Å². The lowest BCUT2D eigenvalue weighted by atomic mass is 10.1. The van der Waals surface area contributed by atoms with E-state index in [1.165, 1.54) is 4.31 Å². The Morgan fingerprint density at radius 3 is 2.57 bits per heavy atom. The number of aromatic nitrogens is 2. The summed E-state index contributed by atoms with van der Waals surface area (Å²) >= 11 is 5.93. The maximum atomic E-state index is 13.4. The molecule has 0 N–H and O–H groups in total. The summed E-state index contributed by atoms with van der Waals surface area (Å²) < 4.78 is 33.7. The summed E-state index contributed by atoms with van der Waals surface area (Å²) in [4.78, 5) is 4.74. The predicted octanol–water partition coefficient (Wildman–Crippen LogP) is 5.07. The largest absolute Gasteiger partial charge is 0.337 e. The average molecular weight is 440 g/mol. The fourth-order valence-electron chi connectivity index (χ4n) is 3.82. The molecule has 1 atom stereocenters. The lowest BCUT2D eigenvalue weighted by molar-refractivity contribution is 0.290. The number of nitrogens with zero attached hydrogens (tertiary/aromatic N) is 3. The summed E-state index contributed by atoms with van der Waals surface area (Å²) in [6.45, 7) is 0.415. The van der Waals surface area contributed by atoms with E-state index in [0.717, 1.165) is 22.8 Å². The van der Waals surface area contributed by atoms with Gasteiger partial charge in [-0.05, 0) is 60.0 Å². The first-order valence-corrected chi connectivity index (χ1v) is 11.4. The van der Waals surface area contributed by atoms with Gasteiger partial charge >= 0.3 is 0 Å². The molecule has 1 fully saturated rings. The molecule has 2 heterocycles. The molecule has 6 nitrogen and oxygen atoms in total. The molecule has 1 aliphatic rings. The van der Waals surface area contributed by atoms with Crippen molar-refractivity contribution in [1.29, 1.82) is 0 Å². The van der Waals surface area contributed by atoms with E-state index in [1.807, 2.05) is 30.3 Å². The Labute approximate surface area is 179 Å². The van der Waals surface area contributed by atoms with Crippen molar-refractivity contribution in [2.24, 2.45) is 0 Å². The van der Waals surface area contributed by atoms with Gasteiger partial charge in [0, 0.05) is 17.1 Å². The molecule has 0 saturated carbocycles. The Hall–Kier alpha value is -2.74. The van der Waals surface area contributed by atoms with Crippen molar-refractivity contribution in [1.82, 2.24) is 14.4 Å². The molecule has 3 aromatic carbocycles. The van der Waals surface area contributed by atoms with Crippen molar-refractivity contribution >= 4 is 32.4 Å². The number of benzene rings is 3. The molecule has 0 spiro atoms. The number of halogens is 1. The standard InChI is InChI=1S/C22H18ClN3O3S/c23-18-10-7-16(8-11-18)21-24-22(29-25-21)20-6-3-13-26(20)30(27,28)19-12-9-15-4-1-2-5-17(15)14-19/h1-2,4-5,7-12,14,20H,3,6,13H2. The molecule has 1 unspecified atom stereocenters. The van der Waals surface area contributed by atoms with Crippen LogP contribution in [0.1, 0.15) is 24.8 Å². The molecule has 0 amide bonds. The highest BCUT2D eigenvalue weighted by atomic mass is 35.5. The maximum absolute atomic E-state index is 13.4. The van der Waals surface area contributed by atoms with Crippen LogP contribution in [0.4, 0.5) is 0 Å². The molecule has 0 aliphatic carbocycles. The number of rotatable bonds is 4. The lowest BCUT2D eigenvalue weighted by Gasteiger charge is -2.21. The van der Waals surface area contributed by atoms with E-state index >= 15 is 0 Å². The third-order valence-electron chi connectivity index (χ3n) is 5.36. The van der Waals surface area contributed by atoms with Crippen LogP contribution in [0.2, 0.25) is 5.02 Å². The summed E-state index contributed by atoms with van der Waals surface area (Å²) in [6, 6.07) is 19.5. The smallest absolute Gasteiger partial charge is 0.245 e. The first kappa shape index (κ1) is 19.2. The highest BCUT2D eigenvalue weighted by Crippen LogP contribution is 2.37. The van der Waals surface area contributed by atoms with E-state index in [1.54, 1.807) is 36.4 Å². The van der Waals surface area contributed by atoms with Gasteiger partial charge in [-0.1, -0.05) is 47.1 Å². The summed E-state index contributed by atoms with van der Waals surface area (Å²) in [6.07, 6.45) is 1.37. The van der Waals surface area contributed by atoms with Gasteiger partial charge < -0.3 is 4.52 Å². The molecule has 1 aromatic heterocycles. The van der Waals surface area contributed by atoms with Crippen molar-refractivity contribution in [3.05, 3.63) is 77.6 Å². The van der Waals surface area contributed by atoms with E-state index < -0.39 is 16.1 Å². The monoisotopic (exact) mass is 439 g/mol. The van der Waals surface area contributed by atoms with Gasteiger partial charge in [0.1, 0.15) is 6.04 Å². The second-order valence-electron chi connectivity index (χ2n) is 7.25. The van der Waals surface area contributed by atoms with Crippen molar-refractivity contribution < 1.29 is 12.9 Å². The average Bonchev–Trinajstić information content (AvgIpc) is 3.44. The molecule has 4 aromatic rings. The Kier molecular flexibility index (Phi) is 4.81. The molecule has 5 rings (SSSR count). The fourth-order valence-corrected chi connectivity index (χ4v) is 5.64. The number of fused-ring (bicyclic) bond motifs is 1. The van der Waals surface area contributed by atoms with Gasteiger partial charge in [0.15, 0.2) is 0 Å². The molecule has 0 radical (unpaired) electrons. The minimum atomic E-state index is -3.70. The second-order valence-corrected chi connectivity index (χ2v) is 9.57. The van der Waals surface area contributed by atoms with Gasteiger partial charge in [-0.25, -0.2) is 8.42 Å². The fraction of sp³-hybridized carbons (Fsp3) is 0.182. The Balaban J connectivity index is 1.47. The summed E-state index contributed by atoms with van der Waals surface area (Å²) in [5.74, 6) is 0.721. The first-order chi connectivity index (χ1) is 14.5. The SMILES string of the molecule is O=S(=O)(c1ccc2ccccc2c1)N1CCCC1c1nc(-c2ccc(Cl)cc2)no1. The van der Waals surface area contributed by atoms with Crippen LogP contribution in [0.5, 0.6) is 0 Å². The van der Waals surface area contributed by atoms with Crippen LogP contribution in [0.25, 0.3) is 22.2 Å². The van der Waals surface area contributed by atoms with Gasteiger partial charge in [0.2, 0.25) is 21.7 Å². The zero-order valence-electron chi connectivity index (χ0n) is 15.9. The van der Waals surface area contributed by atoms with Crippen LogP contribution in [0.3, 0.4) is 0 Å². The van der Waals surface area contributed by atoms with E-state index in [-0.39, 0.29) is 4.90 Å². The summed E-state index contributed by atoms with van der Waals surface area (Å²) in [5, 5.41) is 6.54. The quantitative estimate of drug-likeness (QED) is 0.443. The minimum absolute atomic E-state index is 0.269. The predicted molar refractivity (Wildman–Crippen MR) is 115 cm³/mol. The highest BCUT2D eigenvalue weighted by molar-refractivity contribution is 7.89. The first-order valence-electron chi connectivity index (χ1n) is 9.62. The number of sulfonamides is 1. The van der Waals surface area contributed by atoms with Gasteiger partial charge in [0.25, 0.3) is 0 Å².